The number of rotatable bonds is 47. The molecule has 0 aromatic carbocycles. The molecule has 0 rings (SSSR count). The van der Waals surface area contributed by atoms with Gasteiger partial charge in [-0.25, -0.2) is 0 Å². The Morgan fingerprint density at radius 1 is 0.224 bits per heavy atom. The van der Waals surface area contributed by atoms with Crippen LogP contribution in [0.15, 0.2) is 0 Å². The van der Waals surface area contributed by atoms with Crippen LogP contribution in [0.3, 0.4) is 0 Å². The highest BCUT2D eigenvalue weighted by molar-refractivity contribution is 4.64. The van der Waals surface area contributed by atoms with Crippen LogP contribution in [0.25, 0.3) is 0 Å². The van der Waals surface area contributed by atoms with Gasteiger partial charge in [-0.2, -0.15) is 0 Å². The van der Waals surface area contributed by atoms with E-state index in [-0.39, 0.29) is 24.8 Å². The molecule has 2 unspecified atom stereocenters. The molecule has 0 saturated heterocycles. The summed E-state index contributed by atoms with van der Waals surface area (Å²) in [6, 6.07) is 1.75. The van der Waals surface area contributed by atoms with Gasteiger partial charge in [0.25, 0.3) is 0 Å². The van der Waals surface area contributed by atoms with E-state index in [1.807, 2.05) is 0 Å². The average Bonchev–Trinajstić information content (AvgIpc) is 3.18. The molecule has 0 fully saturated rings. The lowest BCUT2D eigenvalue weighted by molar-refractivity contribution is -0.916. The zero-order valence-electron chi connectivity index (χ0n) is 41.9. The molecule has 0 saturated carbocycles. The third kappa shape index (κ3) is 40.6. The topological polar surface area (TPSA) is 0 Å². The highest BCUT2D eigenvalue weighted by Crippen LogP contribution is 2.26. The molecule has 0 radical (unpaired) electrons. The minimum Gasteiger partial charge on any atom is -1.00 e. The number of quaternary nitrogens is 2. The minimum atomic E-state index is 0. The maximum Gasteiger partial charge on any atom is 0.0886 e. The van der Waals surface area contributed by atoms with Crippen LogP contribution in [0.2, 0.25) is 0 Å². The van der Waals surface area contributed by atoms with E-state index >= 15 is 0 Å². The Morgan fingerprint density at radius 2 is 0.379 bits per heavy atom. The summed E-state index contributed by atoms with van der Waals surface area (Å²) in [6.07, 6.45) is 60.9. The van der Waals surface area contributed by atoms with Crippen molar-refractivity contribution in [3.63, 3.8) is 0 Å². The zero-order chi connectivity index (χ0) is 41.3. The van der Waals surface area contributed by atoms with E-state index < -0.39 is 0 Å². The molecular weight excluding hydrogens is 748 g/mol. The van der Waals surface area contributed by atoms with Gasteiger partial charge in [-0.15, -0.1) is 0 Å². The van der Waals surface area contributed by atoms with E-state index in [0.717, 1.165) is 12.1 Å². The number of nitrogens with zero attached hydrogens (tertiary/aromatic N) is 2. The van der Waals surface area contributed by atoms with E-state index in [2.05, 4.69) is 55.9 Å². The predicted octanol–water partition coefficient (Wildman–Crippen LogP) is 12.3. The van der Waals surface area contributed by atoms with Gasteiger partial charge in [0.05, 0.1) is 53.4 Å². The maximum absolute atomic E-state index is 2.59. The molecule has 0 aliphatic carbocycles. The summed E-state index contributed by atoms with van der Waals surface area (Å²) in [4.78, 5) is 0. The van der Waals surface area contributed by atoms with Crippen LogP contribution in [0.4, 0.5) is 0 Å². The van der Waals surface area contributed by atoms with E-state index in [4.69, 9.17) is 0 Å². The minimum absolute atomic E-state index is 0. The molecule has 0 aromatic rings. The van der Waals surface area contributed by atoms with Gasteiger partial charge in [0.15, 0.2) is 0 Å². The van der Waals surface area contributed by atoms with Gasteiger partial charge >= 0.3 is 0 Å². The smallest absolute Gasteiger partial charge is 0.0886 e. The van der Waals surface area contributed by atoms with Crippen molar-refractivity contribution in [1.29, 1.82) is 0 Å². The molecule has 354 valence electrons. The monoisotopic (exact) mass is 861 g/mol. The quantitative estimate of drug-likeness (QED) is 0.0422. The van der Waals surface area contributed by atoms with Crippen LogP contribution in [-0.2, 0) is 0 Å². The van der Waals surface area contributed by atoms with E-state index in [9.17, 15) is 0 Å². The molecule has 58 heavy (non-hydrogen) atoms. The largest absolute Gasteiger partial charge is 1.00 e. The summed E-state index contributed by atoms with van der Waals surface area (Å²) in [5, 5.41) is 0. The van der Waals surface area contributed by atoms with Gasteiger partial charge in [-0.05, 0) is 77.0 Å². The van der Waals surface area contributed by atoms with Gasteiger partial charge in [-0.1, -0.05) is 220 Å². The highest BCUT2D eigenvalue weighted by Gasteiger charge is 2.28. The van der Waals surface area contributed by atoms with Gasteiger partial charge in [0.1, 0.15) is 0 Å². The van der Waals surface area contributed by atoms with Crippen molar-refractivity contribution in [1.82, 2.24) is 0 Å². The number of unbranched alkanes of at least 4 members (excludes halogenated alkanes) is 33. The van der Waals surface area contributed by atoms with Gasteiger partial charge in [-0.3, -0.25) is 0 Å². The lowest BCUT2D eigenvalue weighted by Gasteiger charge is -2.39. The van der Waals surface area contributed by atoms with Crippen LogP contribution >= 0.6 is 0 Å². The van der Waals surface area contributed by atoms with Crippen molar-refractivity contribution in [2.45, 2.75) is 309 Å². The summed E-state index contributed by atoms with van der Waals surface area (Å²) in [7, 11) is 10.4. The first-order valence-electron chi connectivity index (χ1n) is 26.9. The molecule has 2 atom stereocenters. The fraction of sp³-hybridized carbons (Fsp3) is 1.00. The molecule has 2 nitrogen and oxygen atoms in total. The van der Waals surface area contributed by atoms with Crippen LogP contribution in [0.5, 0.6) is 0 Å². The second-order valence-corrected chi connectivity index (χ2v) is 20.5. The van der Waals surface area contributed by atoms with Crippen molar-refractivity contribution in [3.8, 4) is 0 Å². The number of hydrogen-bond donors (Lipinski definition) is 0. The first-order chi connectivity index (χ1) is 27.2. The molecule has 0 amide bonds. The van der Waals surface area contributed by atoms with Crippen LogP contribution in [-0.4, -0.2) is 62.3 Å². The molecule has 4 heteroatoms. The van der Waals surface area contributed by atoms with Gasteiger partial charge in [0, 0.05) is 0 Å². The molecular formula is C54H114Cl2N2. The second kappa shape index (κ2) is 47.0. The van der Waals surface area contributed by atoms with Crippen molar-refractivity contribution < 1.29 is 33.8 Å². The fourth-order valence-corrected chi connectivity index (χ4v) is 9.85. The lowest BCUT2D eigenvalue weighted by atomic mass is 9.95. The first kappa shape index (κ1) is 62.8. The summed E-state index contributed by atoms with van der Waals surface area (Å²) in [6.45, 7) is 12.1. The third-order valence-electron chi connectivity index (χ3n) is 14.3. The summed E-state index contributed by atoms with van der Waals surface area (Å²) >= 11 is 0. The molecule has 0 heterocycles. The second-order valence-electron chi connectivity index (χ2n) is 20.5. The predicted molar refractivity (Wildman–Crippen MR) is 258 cm³/mol. The Bertz CT molecular complexity index is 693. The van der Waals surface area contributed by atoms with E-state index in [0.29, 0.717) is 0 Å². The lowest BCUT2D eigenvalue weighted by Crippen LogP contribution is -3.00. The van der Waals surface area contributed by atoms with Gasteiger partial charge < -0.3 is 33.8 Å². The Hall–Kier alpha value is 0.500. The van der Waals surface area contributed by atoms with Crippen molar-refractivity contribution in [3.05, 3.63) is 0 Å². The van der Waals surface area contributed by atoms with E-state index in [1.165, 1.54) is 292 Å². The Balaban J connectivity index is -0.0000151. The Morgan fingerprint density at radius 3 is 0.569 bits per heavy atom. The average molecular weight is 862 g/mol. The zero-order valence-corrected chi connectivity index (χ0v) is 43.4. The molecule has 0 aliphatic heterocycles. The molecule has 0 bridgehead atoms. The van der Waals surface area contributed by atoms with Crippen LogP contribution in [0.1, 0.15) is 297 Å². The Labute approximate surface area is 382 Å². The summed E-state index contributed by atoms with van der Waals surface area (Å²) in [5.41, 5.74) is 0. The van der Waals surface area contributed by atoms with Gasteiger partial charge in [0.2, 0.25) is 0 Å². The molecule has 0 N–H and O–H groups in total. The molecule has 0 aliphatic rings. The Kier molecular flexibility index (Phi) is 50.9. The molecule has 0 spiro atoms. The fourth-order valence-electron chi connectivity index (χ4n) is 9.85. The third-order valence-corrected chi connectivity index (χ3v) is 14.3. The SMILES string of the molecule is CCCCCCCCCCC(CCCCCCCCC(CCCCCCCCCC)[N+](C)(C)CCCCCCCCCC)[N+](C)(C)CCCCCCCCCC.[Cl-].[Cl-]. The van der Waals surface area contributed by atoms with Crippen LogP contribution in [0, 0.1) is 0 Å². The van der Waals surface area contributed by atoms with Crippen molar-refractivity contribution in [2.24, 2.45) is 0 Å². The van der Waals surface area contributed by atoms with Crippen molar-refractivity contribution in [2.75, 3.05) is 41.3 Å². The summed E-state index contributed by atoms with van der Waals surface area (Å²) in [5.74, 6) is 0. The number of halogens is 2. The maximum atomic E-state index is 2.59. The highest BCUT2D eigenvalue weighted by atomic mass is 35.5. The summed E-state index contributed by atoms with van der Waals surface area (Å²) < 4.78 is 2.55. The normalized spacial score (nSPS) is 13.0. The van der Waals surface area contributed by atoms with Crippen molar-refractivity contribution >= 4 is 0 Å². The van der Waals surface area contributed by atoms with E-state index in [1.54, 1.807) is 0 Å². The number of hydrogen-bond acceptors (Lipinski definition) is 0. The first-order valence-corrected chi connectivity index (χ1v) is 26.9. The standard InChI is InChI=1S/C54H114N2.2ClH/c1-9-13-17-21-25-29-35-41-47-53(55(5,6)51-45-39-33-27-23-19-15-11-3)49-43-37-31-32-38-44-50-54(48-42-36-30-26-22-18-14-10-2)56(7,8)52-46-40-34-28-24-20-16-12-4;;/h53-54H,9-52H2,1-8H3;2*1H/q+2;;/p-2. The van der Waals surface area contributed by atoms with Crippen LogP contribution < -0.4 is 24.8 Å². The molecule has 0 aromatic heterocycles.